The monoisotopic (exact) mass is 305 g/mol. The number of imidazole rings is 1. The summed E-state index contributed by atoms with van der Waals surface area (Å²) in [5, 5.41) is 0.587. The summed E-state index contributed by atoms with van der Waals surface area (Å²) in [5.74, 6) is 2.57. The van der Waals surface area contributed by atoms with Crippen LogP contribution in [0.15, 0.2) is 36.8 Å². The zero-order valence-electron chi connectivity index (χ0n) is 11.5. The summed E-state index contributed by atoms with van der Waals surface area (Å²) < 4.78 is 3.09. The molecule has 2 N–H and O–H groups in total. The Hall–Kier alpha value is -2.91. The highest BCUT2D eigenvalue weighted by atomic mass is 32.1. The highest BCUT2D eigenvalue weighted by Gasteiger charge is 2.07. The van der Waals surface area contributed by atoms with Crippen molar-refractivity contribution < 1.29 is 0 Å². The number of rotatable bonds is 2. The Morgan fingerprint density at radius 1 is 1.23 bits per heavy atom. The van der Waals surface area contributed by atoms with E-state index in [4.69, 9.17) is 12.2 Å². The fourth-order valence-electron chi connectivity index (χ4n) is 2.43. The van der Waals surface area contributed by atoms with E-state index in [9.17, 15) is 0 Å². The predicted molar refractivity (Wildman–Crippen MR) is 88.6 cm³/mol. The molecule has 0 bridgehead atoms. The van der Waals surface area contributed by atoms with Crippen molar-refractivity contribution in [1.29, 1.82) is 0 Å². The average Bonchev–Trinajstić information content (AvgIpc) is 3.09. The number of benzene rings is 1. The van der Waals surface area contributed by atoms with Gasteiger partial charge < -0.3 is 10.3 Å². The van der Waals surface area contributed by atoms with E-state index in [0.717, 1.165) is 32.5 Å². The van der Waals surface area contributed by atoms with Gasteiger partial charge in [-0.3, -0.25) is 0 Å². The van der Waals surface area contributed by atoms with E-state index in [1.54, 1.807) is 12.5 Å². The van der Waals surface area contributed by atoms with Crippen LogP contribution < -0.4 is 5.73 Å². The van der Waals surface area contributed by atoms with E-state index in [-0.39, 0.29) is 0 Å². The maximum Gasteiger partial charge on any atom is 0.181 e. The number of hydrogen-bond acceptors (Lipinski definition) is 5. The number of hydrogen-bond donors (Lipinski definition) is 1. The molecular formula is C16H11N5S. The van der Waals surface area contributed by atoms with Crippen LogP contribution in [0.25, 0.3) is 21.4 Å². The molecule has 0 radical (unpaired) electrons. The van der Waals surface area contributed by atoms with Crippen molar-refractivity contribution >= 4 is 37.8 Å². The summed E-state index contributed by atoms with van der Waals surface area (Å²) in [5.41, 5.74) is 10.2. The van der Waals surface area contributed by atoms with Gasteiger partial charge in [0.05, 0.1) is 23.1 Å². The van der Waals surface area contributed by atoms with Crippen molar-refractivity contribution in [2.45, 2.75) is 6.54 Å². The molecule has 1 aromatic carbocycles. The summed E-state index contributed by atoms with van der Waals surface area (Å²) in [6, 6.07) is 8.00. The number of thiazole rings is 1. The smallest absolute Gasteiger partial charge is 0.181 e. The molecule has 0 fully saturated rings. The van der Waals surface area contributed by atoms with Crippen LogP contribution >= 0.6 is 11.3 Å². The minimum atomic E-state index is 0.587. The Labute approximate surface area is 130 Å². The number of nitrogen functional groups attached to an aromatic ring is 1. The molecule has 0 aliphatic rings. The third-order valence-corrected chi connectivity index (χ3v) is 4.29. The zero-order chi connectivity index (χ0) is 15.1. The lowest BCUT2D eigenvalue weighted by Crippen LogP contribution is -1.99. The standard InChI is InChI=1S/C16H11N5S/c1-2-10-5-13-15(18-7-10)21(9-19-13)8-11-3-4-12-14(6-11)22-16(17)20-12/h1,3-7,9H,8H2,(H2,17,20). The molecule has 6 heteroatoms. The first-order chi connectivity index (χ1) is 10.7. The van der Waals surface area contributed by atoms with E-state index >= 15 is 0 Å². The van der Waals surface area contributed by atoms with Crippen LogP contribution in [0, 0.1) is 12.3 Å². The number of aromatic nitrogens is 4. The first-order valence-electron chi connectivity index (χ1n) is 6.65. The second-order valence-corrected chi connectivity index (χ2v) is 6.00. The number of pyridine rings is 1. The first-order valence-corrected chi connectivity index (χ1v) is 7.47. The lowest BCUT2D eigenvalue weighted by atomic mass is 10.2. The number of nitrogens with zero attached hydrogens (tertiary/aromatic N) is 4. The molecule has 0 amide bonds. The lowest BCUT2D eigenvalue weighted by Gasteiger charge is -2.04. The minimum Gasteiger partial charge on any atom is -0.375 e. The van der Waals surface area contributed by atoms with Gasteiger partial charge >= 0.3 is 0 Å². The number of anilines is 1. The van der Waals surface area contributed by atoms with Gasteiger partial charge in [-0.05, 0) is 23.8 Å². The molecule has 22 heavy (non-hydrogen) atoms. The van der Waals surface area contributed by atoms with Gasteiger partial charge in [0.25, 0.3) is 0 Å². The van der Waals surface area contributed by atoms with Crippen LogP contribution in [0.1, 0.15) is 11.1 Å². The lowest BCUT2D eigenvalue weighted by molar-refractivity contribution is 0.815. The molecule has 0 aliphatic carbocycles. The minimum absolute atomic E-state index is 0.587. The Balaban J connectivity index is 1.74. The van der Waals surface area contributed by atoms with Crippen LogP contribution in [0.3, 0.4) is 0 Å². The van der Waals surface area contributed by atoms with Gasteiger partial charge in [-0.15, -0.1) is 6.42 Å². The Bertz CT molecular complexity index is 1040. The SMILES string of the molecule is C#Cc1cnc2c(c1)ncn2Cc1ccc2nc(N)sc2c1. The maximum atomic E-state index is 5.74. The van der Waals surface area contributed by atoms with E-state index in [1.165, 1.54) is 11.3 Å². The van der Waals surface area contributed by atoms with Gasteiger partial charge in [0.2, 0.25) is 0 Å². The molecule has 0 spiro atoms. The van der Waals surface area contributed by atoms with Gasteiger partial charge in [-0.25, -0.2) is 15.0 Å². The zero-order valence-corrected chi connectivity index (χ0v) is 12.3. The van der Waals surface area contributed by atoms with Gasteiger partial charge in [-0.1, -0.05) is 23.3 Å². The van der Waals surface area contributed by atoms with Crippen LogP contribution in [0.4, 0.5) is 5.13 Å². The van der Waals surface area contributed by atoms with Gasteiger partial charge in [-0.2, -0.15) is 0 Å². The summed E-state index contributed by atoms with van der Waals surface area (Å²) in [6.45, 7) is 0.687. The van der Waals surface area contributed by atoms with Crippen LogP contribution in [-0.4, -0.2) is 19.5 Å². The van der Waals surface area contributed by atoms with Crippen molar-refractivity contribution in [2.75, 3.05) is 5.73 Å². The summed E-state index contributed by atoms with van der Waals surface area (Å²) in [4.78, 5) is 13.0. The second-order valence-electron chi connectivity index (χ2n) is 4.94. The van der Waals surface area contributed by atoms with Crippen molar-refractivity contribution in [1.82, 2.24) is 19.5 Å². The number of nitrogens with two attached hydrogens (primary N) is 1. The molecule has 0 saturated carbocycles. The predicted octanol–water partition coefficient (Wildman–Crippen LogP) is 2.65. The first kappa shape index (κ1) is 12.8. The molecule has 0 atom stereocenters. The molecule has 5 nitrogen and oxygen atoms in total. The molecule has 3 heterocycles. The number of terminal acetylenes is 1. The van der Waals surface area contributed by atoms with Crippen LogP contribution in [-0.2, 0) is 6.54 Å². The Kier molecular flexibility index (Phi) is 2.81. The van der Waals surface area contributed by atoms with Crippen molar-refractivity contribution in [3.05, 3.63) is 47.9 Å². The molecule has 0 aliphatic heterocycles. The molecule has 4 aromatic rings. The fourth-order valence-corrected chi connectivity index (χ4v) is 3.22. The number of fused-ring (bicyclic) bond motifs is 2. The topological polar surface area (TPSA) is 69.6 Å². The third-order valence-electron chi connectivity index (χ3n) is 3.44. The van der Waals surface area contributed by atoms with Gasteiger partial charge in [0.15, 0.2) is 10.8 Å². The van der Waals surface area contributed by atoms with Crippen molar-refractivity contribution in [2.24, 2.45) is 0 Å². The van der Waals surface area contributed by atoms with Gasteiger partial charge in [0, 0.05) is 11.8 Å². The Morgan fingerprint density at radius 3 is 3.00 bits per heavy atom. The quantitative estimate of drug-likeness (QED) is 0.578. The molecule has 106 valence electrons. The third kappa shape index (κ3) is 2.08. The maximum absolute atomic E-state index is 5.74. The highest BCUT2D eigenvalue weighted by molar-refractivity contribution is 7.22. The molecule has 3 aromatic heterocycles. The second kappa shape index (κ2) is 4.83. The molecule has 0 unspecified atom stereocenters. The highest BCUT2D eigenvalue weighted by Crippen LogP contribution is 2.25. The Morgan fingerprint density at radius 2 is 2.14 bits per heavy atom. The fraction of sp³-hybridized carbons (Fsp3) is 0.0625. The summed E-state index contributed by atoms with van der Waals surface area (Å²) >= 11 is 1.49. The molecule has 4 rings (SSSR count). The largest absolute Gasteiger partial charge is 0.375 e. The van der Waals surface area contributed by atoms with E-state index in [0.29, 0.717) is 11.7 Å². The van der Waals surface area contributed by atoms with Crippen molar-refractivity contribution in [3.8, 4) is 12.3 Å². The van der Waals surface area contributed by atoms with Crippen LogP contribution in [0.5, 0.6) is 0 Å². The molecule has 0 saturated heterocycles. The summed E-state index contributed by atoms with van der Waals surface area (Å²) in [7, 11) is 0. The van der Waals surface area contributed by atoms with E-state index in [1.807, 2.05) is 22.8 Å². The molecular weight excluding hydrogens is 294 g/mol. The van der Waals surface area contributed by atoms with Crippen LogP contribution in [0.2, 0.25) is 0 Å². The van der Waals surface area contributed by atoms with Gasteiger partial charge in [0.1, 0.15) is 5.52 Å². The summed E-state index contributed by atoms with van der Waals surface area (Å²) in [6.07, 6.45) is 8.86. The van der Waals surface area contributed by atoms with E-state index < -0.39 is 0 Å². The normalized spacial score (nSPS) is 11.0. The van der Waals surface area contributed by atoms with Crippen molar-refractivity contribution in [3.63, 3.8) is 0 Å². The average molecular weight is 305 g/mol. The van der Waals surface area contributed by atoms with E-state index in [2.05, 4.69) is 26.9 Å².